The highest BCUT2D eigenvalue weighted by atomic mass is 79.9. The molecule has 2 rings (SSSR count). The Morgan fingerprint density at radius 3 is 2.65 bits per heavy atom. The van der Waals surface area contributed by atoms with Crippen molar-refractivity contribution in [1.29, 1.82) is 0 Å². The van der Waals surface area contributed by atoms with E-state index in [4.69, 9.17) is 14.6 Å². The quantitative estimate of drug-likeness (QED) is 0.610. The van der Waals surface area contributed by atoms with E-state index in [1.807, 2.05) is 36.4 Å². The Morgan fingerprint density at radius 2 is 2.00 bits per heavy atom. The zero-order chi connectivity index (χ0) is 16.7. The van der Waals surface area contributed by atoms with Crippen LogP contribution in [0.4, 0.5) is 5.69 Å². The lowest BCUT2D eigenvalue weighted by atomic mass is 10.2. The van der Waals surface area contributed by atoms with Crippen LogP contribution in [-0.4, -0.2) is 24.8 Å². The van der Waals surface area contributed by atoms with Crippen molar-refractivity contribution in [2.75, 3.05) is 19.1 Å². The molecule has 3 N–H and O–H groups in total. The molecule has 7 heteroatoms. The van der Waals surface area contributed by atoms with Gasteiger partial charge in [0.2, 0.25) is 0 Å². The largest absolute Gasteiger partial charge is 0.493 e. The molecule has 6 nitrogen and oxygen atoms in total. The van der Waals surface area contributed by atoms with Crippen LogP contribution in [-0.2, 0) is 11.3 Å². The molecule has 0 bridgehead atoms. The number of hydrogen-bond donors (Lipinski definition) is 3. The van der Waals surface area contributed by atoms with Crippen molar-refractivity contribution < 1.29 is 19.4 Å². The van der Waals surface area contributed by atoms with Crippen molar-refractivity contribution >= 4 is 27.6 Å². The van der Waals surface area contributed by atoms with E-state index in [-0.39, 0.29) is 0 Å². The van der Waals surface area contributed by atoms with Crippen LogP contribution in [0.1, 0.15) is 5.56 Å². The average molecular weight is 381 g/mol. The van der Waals surface area contributed by atoms with Crippen molar-refractivity contribution in [2.24, 2.45) is 0 Å². The van der Waals surface area contributed by atoms with Gasteiger partial charge < -0.3 is 20.0 Å². The monoisotopic (exact) mass is 380 g/mol. The zero-order valence-corrected chi connectivity index (χ0v) is 14.1. The number of ether oxygens (including phenoxy) is 2. The molecule has 0 spiro atoms. The SMILES string of the molecule is COc1cc(CNNc2ccccc2)cc(Br)c1OCC(=O)O. The van der Waals surface area contributed by atoms with Gasteiger partial charge in [-0.1, -0.05) is 18.2 Å². The Bertz CT molecular complexity index is 665. The maximum absolute atomic E-state index is 10.6. The minimum atomic E-state index is -1.04. The summed E-state index contributed by atoms with van der Waals surface area (Å²) >= 11 is 3.38. The van der Waals surface area contributed by atoms with Crippen molar-refractivity contribution in [3.8, 4) is 11.5 Å². The highest BCUT2D eigenvalue weighted by molar-refractivity contribution is 9.10. The van der Waals surface area contributed by atoms with Gasteiger partial charge in [0.15, 0.2) is 18.1 Å². The number of hydrazine groups is 1. The predicted octanol–water partition coefficient (Wildman–Crippen LogP) is 3.04. The first-order valence-corrected chi connectivity index (χ1v) is 7.64. The normalized spacial score (nSPS) is 10.2. The molecular formula is C16H17BrN2O4. The number of carboxylic acids is 1. The summed E-state index contributed by atoms with van der Waals surface area (Å²) in [5.74, 6) is -0.205. The van der Waals surface area contributed by atoms with Crippen LogP contribution in [0.15, 0.2) is 46.9 Å². The van der Waals surface area contributed by atoms with E-state index in [1.54, 1.807) is 6.07 Å². The standard InChI is InChI=1S/C16H17BrN2O4/c1-22-14-8-11(7-13(17)16(14)23-10-15(20)21)9-18-19-12-5-3-2-4-6-12/h2-8,18-19H,9-10H2,1H3,(H,20,21). The second-order valence-electron chi connectivity index (χ2n) is 4.64. The number of nitrogens with one attached hydrogen (secondary N) is 2. The molecule has 122 valence electrons. The maximum Gasteiger partial charge on any atom is 0.341 e. The third-order valence-corrected chi connectivity index (χ3v) is 3.52. The van der Waals surface area contributed by atoms with Gasteiger partial charge in [-0.25, -0.2) is 10.2 Å². The molecule has 0 amide bonds. The molecule has 0 aliphatic rings. The maximum atomic E-state index is 10.6. The number of hydrogen-bond acceptors (Lipinski definition) is 5. The Hall–Kier alpha value is -2.25. The predicted molar refractivity (Wildman–Crippen MR) is 90.7 cm³/mol. The topological polar surface area (TPSA) is 79.8 Å². The van der Waals surface area contributed by atoms with Gasteiger partial charge in [0.25, 0.3) is 0 Å². The number of halogens is 1. The number of para-hydroxylation sites is 1. The molecule has 0 aromatic heterocycles. The summed E-state index contributed by atoms with van der Waals surface area (Å²) in [7, 11) is 1.51. The van der Waals surface area contributed by atoms with Crippen LogP contribution in [0.3, 0.4) is 0 Å². The number of benzene rings is 2. The molecule has 0 aliphatic carbocycles. The van der Waals surface area contributed by atoms with E-state index >= 15 is 0 Å². The second-order valence-corrected chi connectivity index (χ2v) is 5.49. The first-order chi connectivity index (χ1) is 11.1. The molecule has 0 atom stereocenters. The van der Waals surface area contributed by atoms with E-state index in [0.29, 0.717) is 22.5 Å². The number of aliphatic carboxylic acids is 1. The minimum Gasteiger partial charge on any atom is -0.493 e. The summed E-state index contributed by atoms with van der Waals surface area (Å²) < 4.78 is 11.1. The lowest BCUT2D eigenvalue weighted by molar-refractivity contribution is -0.139. The summed E-state index contributed by atoms with van der Waals surface area (Å²) in [6.45, 7) is 0.116. The Morgan fingerprint density at radius 1 is 1.26 bits per heavy atom. The van der Waals surface area contributed by atoms with Crippen LogP contribution in [0.2, 0.25) is 0 Å². The molecule has 0 saturated heterocycles. The molecule has 0 saturated carbocycles. The van der Waals surface area contributed by atoms with Crippen molar-refractivity contribution in [3.05, 3.63) is 52.5 Å². The zero-order valence-electron chi connectivity index (χ0n) is 12.5. The minimum absolute atomic E-state index is 0.370. The van der Waals surface area contributed by atoms with E-state index in [9.17, 15) is 4.79 Å². The molecule has 2 aromatic rings. The number of anilines is 1. The summed E-state index contributed by atoms with van der Waals surface area (Å²) in [4.78, 5) is 10.6. The average Bonchev–Trinajstić information content (AvgIpc) is 2.54. The fourth-order valence-corrected chi connectivity index (χ4v) is 2.52. The van der Waals surface area contributed by atoms with Gasteiger partial charge in [0, 0.05) is 12.2 Å². The molecular weight excluding hydrogens is 364 g/mol. The summed E-state index contributed by atoms with van der Waals surface area (Å²) in [5.41, 5.74) is 8.10. The first-order valence-electron chi connectivity index (χ1n) is 6.85. The fraction of sp³-hybridized carbons (Fsp3) is 0.188. The number of rotatable bonds is 8. The molecule has 0 aliphatic heterocycles. The number of methoxy groups -OCH3 is 1. The van der Waals surface area contributed by atoms with E-state index < -0.39 is 12.6 Å². The van der Waals surface area contributed by atoms with E-state index in [1.165, 1.54) is 7.11 Å². The lowest BCUT2D eigenvalue weighted by Crippen LogP contribution is -2.20. The molecule has 0 radical (unpaired) electrons. The van der Waals surface area contributed by atoms with E-state index in [0.717, 1.165) is 11.3 Å². The van der Waals surface area contributed by atoms with Gasteiger partial charge in [0.05, 0.1) is 11.6 Å². The van der Waals surface area contributed by atoms with Crippen molar-refractivity contribution in [2.45, 2.75) is 6.54 Å². The van der Waals surface area contributed by atoms with Crippen molar-refractivity contribution in [1.82, 2.24) is 5.43 Å². The van der Waals surface area contributed by atoms with Crippen LogP contribution in [0.5, 0.6) is 11.5 Å². The smallest absolute Gasteiger partial charge is 0.341 e. The van der Waals surface area contributed by atoms with Crippen LogP contribution in [0, 0.1) is 0 Å². The Balaban J connectivity index is 2.02. The molecule has 0 fully saturated rings. The highest BCUT2D eigenvalue weighted by Gasteiger charge is 2.13. The van der Waals surface area contributed by atoms with Gasteiger partial charge in [-0.3, -0.25) is 0 Å². The van der Waals surface area contributed by atoms with E-state index in [2.05, 4.69) is 26.8 Å². The first kappa shape index (κ1) is 17.1. The van der Waals surface area contributed by atoms with Crippen molar-refractivity contribution in [3.63, 3.8) is 0 Å². The van der Waals surface area contributed by atoms with Gasteiger partial charge in [-0.05, 0) is 45.8 Å². The third kappa shape index (κ3) is 5.15. The van der Waals surface area contributed by atoms with Gasteiger partial charge in [0.1, 0.15) is 0 Å². The van der Waals surface area contributed by atoms with Gasteiger partial charge in [-0.15, -0.1) is 0 Å². The third-order valence-electron chi connectivity index (χ3n) is 2.93. The Kier molecular flexibility index (Phi) is 6.25. The lowest BCUT2D eigenvalue weighted by Gasteiger charge is -2.14. The Labute approximate surface area is 142 Å². The summed E-state index contributed by atoms with van der Waals surface area (Å²) in [6, 6.07) is 13.4. The second kappa shape index (κ2) is 8.40. The molecule has 0 unspecified atom stereocenters. The fourth-order valence-electron chi connectivity index (χ4n) is 1.92. The van der Waals surface area contributed by atoms with Gasteiger partial charge >= 0.3 is 5.97 Å². The highest BCUT2D eigenvalue weighted by Crippen LogP contribution is 2.36. The summed E-state index contributed by atoms with van der Waals surface area (Å²) in [5, 5.41) is 8.71. The van der Waals surface area contributed by atoms with Gasteiger partial charge in [-0.2, -0.15) is 0 Å². The molecule has 23 heavy (non-hydrogen) atoms. The van der Waals surface area contributed by atoms with Crippen LogP contribution < -0.4 is 20.3 Å². The number of carbonyl (C=O) groups is 1. The van der Waals surface area contributed by atoms with Crippen LogP contribution in [0.25, 0.3) is 0 Å². The molecule has 0 heterocycles. The summed E-state index contributed by atoms with van der Waals surface area (Å²) in [6.07, 6.45) is 0. The molecule has 2 aromatic carbocycles. The van der Waals surface area contributed by atoms with Crippen LogP contribution >= 0.6 is 15.9 Å². The number of carboxylic acid groups (broad SMARTS) is 1.